The van der Waals surface area contributed by atoms with Crippen LogP contribution in [0.2, 0.25) is 0 Å². The molecule has 1 amide bonds. The Morgan fingerprint density at radius 1 is 1.14 bits per heavy atom. The smallest absolute Gasteiger partial charge is 0.239 e. The lowest BCUT2D eigenvalue weighted by Gasteiger charge is -2.35. The standard InChI is InChI=1S/C27H40N2O5S2/c1-5-23(25(30)16-21-14-13-18(2)15-19(21)3)28-27(31)24(29-36(4,33)34)17-35(32)26-12-8-10-20-9-6-7-11-22(20)26/h6-12,18-19,21,23-25,29-30H,5,13-17H2,1-4H3,(H,28,31). The second-order valence-corrected chi connectivity index (χ2v) is 13.7. The Balaban J connectivity index is 1.73. The van der Waals surface area contributed by atoms with Crippen LogP contribution in [-0.2, 0) is 25.6 Å². The van der Waals surface area contributed by atoms with E-state index < -0.39 is 44.9 Å². The predicted octanol–water partition coefficient (Wildman–Crippen LogP) is 3.58. The third kappa shape index (κ3) is 7.84. The molecule has 9 heteroatoms. The lowest BCUT2D eigenvalue weighted by atomic mass is 9.73. The highest BCUT2D eigenvalue weighted by atomic mass is 32.2. The number of hydrogen-bond donors (Lipinski definition) is 3. The van der Waals surface area contributed by atoms with Gasteiger partial charge in [0, 0.05) is 4.90 Å². The van der Waals surface area contributed by atoms with E-state index in [0.29, 0.717) is 35.5 Å². The molecule has 0 heterocycles. The van der Waals surface area contributed by atoms with Crippen LogP contribution in [0.1, 0.15) is 52.9 Å². The molecule has 0 radical (unpaired) electrons. The first-order valence-electron chi connectivity index (χ1n) is 12.8. The van der Waals surface area contributed by atoms with E-state index in [4.69, 9.17) is 0 Å². The highest BCUT2D eigenvalue weighted by Crippen LogP contribution is 2.36. The fourth-order valence-corrected chi connectivity index (χ4v) is 7.55. The Bertz CT molecular complexity index is 1160. The molecule has 7 atom stereocenters. The molecule has 2 aromatic carbocycles. The van der Waals surface area contributed by atoms with Crippen LogP contribution in [-0.4, -0.2) is 53.8 Å². The molecule has 0 saturated heterocycles. The van der Waals surface area contributed by atoms with Crippen molar-refractivity contribution in [3.63, 3.8) is 0 Å². The molecule has 0 spiro atoms. The molecule has 3 N–H and O–H groups in total. The van der Waals surface area contributed by atoms with Crippen molar-refractivity contribution in [2.75, 3.05) is 12.0 Å². The molecule has 1 aliphatic carbocycles. The van der Waals surface area contributed by atoms with Crippen LogP contribution < -0.4 is 10.0 Å². The summed E-state index contributed by atoms with van der Waals surface area (Å²) in [5.41, 5.74) is 0. The monoisotopic (exact) mass is 536 g/mol. The van der Waals surface area contributed by atoms with Crippen LogP contribution >= 0.6 is 0 Å². The van der Waals surface area contributed by atoms with Gasteiger partial charge in [-0.25, -0.2) is 13.1 Å². The number of benzene rings is 2. The molecule has 7 unspecified atom stereocenters. The summed E-state index contributed by atoms with van der Waals surface area (Å²) in [6, 6.07) is 11.2. The number of aliphatic hydroxyl groups excluding tert-OH is 1. The van der Waals surface area contributed by atoms with Crippen molar-refractivity contribution in [2.24, 2.45) is 17.8 Å². The summed E-state index contributed by atoms with van der Waals surface area (Å²) < 4.78 is 39.8. The molecule has 1 saturated carbocycles. The SMILES string of the molecule is CCC(NC(=O)C(CS(=O)c1cccc2ccccc12)NS(C)(=O)=O)C(O)CC1CCC(C)CC1C. The quantitative estimate of drug-likeness (QED) is 0.406. The van der Waals surface area contributed by atoms with E-state index in [0.717, 1.165) is 36.3 Å². The zero-order valence-corrected chi connectivity index (χ0v) is 23.3. The molecule has 36 heavy (non-hydrogen) atoms. The second-order valence-electron chi connectivity index (χ2n) is 10.4. The Morgan fingerprint density at radius 2 is 1.83 bits per heavy atom. The van der Waals surface area contributed by atoms with Crippen LogP contribution in [0.5, 0.6) is 0 Å². The number of carbonyl (C=O) groups excluding carboxylic acids is 1. The van der Waals surface area contributed by atoms with Crippen LogP contribution in [0.3, 0.4) is 0 Å². The van der Waals surface area contributed by atoms with Gasteiger partial charge in [-0.2, -0.15) is 0 Å². The lowest BCUT2D eigenvalue weighted by Crippen LogP contribution is -2.54. The van der Waals surface area contributed by atoms with Gasteiger partial charge < -0.3 is 10.4 Å². The van der Waals surface area contributed by atoms with Crippen molar-refractivity contribution in [1.82, 2.24) is 10.0 Å². The average molecular weight is 537 g/mol. The van der Waals surface area contributed by atoms with Crippen molar-refractivity contribution in [3.8, 4) is 0 Å². The molecule has 0 aliphatic heterocycles. The van der Waals surface area contributed by atoms with Gasteiger partial charge >= 0.3 is 0 Å². The summed E-state index contributed by atoms with van der Waals surface area (Å²) in [6.07, 6.45) is 4.69. The van der Waals surface area contributed by atoms with Crippen LogP contribution in [0.15, 0.2) is 47.4 Å². The first-order chi connectivity index (χ1) is 17.0. The molecule has 2 aromatic rings. The van der Waals surface area contributed by atoms with E-state index in [9.17, 15) is 22.5 Å². The van der Waals surface area contributed by atoms with Crippen LogP contribution in [0.25, 0.3) is 10.8 Å². The number of nitrogens with one attached hydrogen (secondary N) is 2. The maximum atomic E-state index is 13.3. The van der Waals surface area contributed by atoms with E-state index in [2.05, 4.69) is 23.9 Å². The van der Waals surface area contributed by atoms with E-state index in [1.165, 1.54) is 0 Å². The molecule has 0 aromatic heterocycles. The van der Waals surface area contributed by atoms with Gasteiger partial charge in [0.25, 0.3) is 0 Å². The topological polar surface area (TPSA) is 113 Å². The Hall–Kier alpha value is -1.81. The molecule has 3 rings (SSSR count). The number of carbonyl (C=O) groups is 1. The molecule has 7 nitrogen and oxygen atoms in total. The molecule has 0 bridgehead atoms. The number of sulfonamides is 1. The largest absolute Gasteiger partial charge is 0.391 e. The Morgan fingerprint density at radius 3 is 2.50 bits per heavy atom. The third-order valence-corrected chi connectivity index (χ3v) is 9.57. The van der Waals surface area contributed by atoms with Gasteiger partial charge in [0.2, 0.25) is 15.9 Å². The summed E-state index contributed by atoms with van der Waals surface area (Å²) in [7, 11) is -5.38. The van der Waals surface area contributed by atoms with Crippen molar-refractivity contribution < 1.29 is 22.5 Å². The number of amides is 1. The summed E-state index contributed by atoms with van der Waals surface area (Å²) in [5.74, 6) is 0.813. The molecular formula is C27H40N2O5S2. The first-order valence-corrected chi connectivity index (χ1v) is 16.0. The second kappa shape index (κ2) is 12.6. The normalized spacial score (nSPS) is 24.1. The molecule has 200 valence electrons. The third-order valence-electron chi connectivity index (χ3n) is 7.37. The first kappa shape index (κ1) is 28.8. The summed E-state index contributed by atoms with van der Waals surface area (Å²) in [4.78, 5) is 13.8. The van der Waals surface area contributed by atoms with E-state index in [-0.39, 0.29) is 5.75 Å². The minimum atomic E-state index is -3.74. The van der Waals surface area contributed by atoms with Gasteiger partial charge in [-0.05, 0) is 60.3 Å². The number of hydrogen-bond acceptors (Lipinski definition) is 5. The molecular weight excluding hydrogens is 496 g/mol. The van der Waals surface area contributed by atoms with E-state index >= 15 is 0 Å². The van der Waals surface area contributed by atoms with E-state index in [1.54, 1.807) is 12.1 Å². The van der Waals surface area contributed by atoms with Gasteiger partial charge in [0.1, 0.15) is 6.04 Å². The fourth-order valence-electron chi connectivity index (χ4n) is 5.36. The highest BCUT2D eigenvalue weighted by molar-refractivity contribution is 7.89. The van der Waals surface area contributed by atoms with Crippen molar-refractivity contribution in [2.45, 2.75) is 76.0 Å². The van der Waals surface area contributed by atoms with Crippen LogP contribution in [0.4, 0.5) is 0 Å². The molecule has 1 fully saturated rings. The maximum Gasteiger partial charge on any atom is 0.239 e. The summed E-state index contributed by atoms with van der Waals surface area (Å²) in [6.45, 7) is 6.37. The highest BCUT2D eigenvalue weighted by Gasteiger charge is 2.32. The van der Waals surface area contributed by atoms with Crippen molar-refractivity contribution in [3.05, 3.63) is 42.5 Å². The predicted molar refractivity (Wildman–Crippen MR) is 146 cm³/mol. The average Bonchev–Trinajstić information content (AvgIpc) is 2.82. The number of rotatable bonds is 11. The molecule has 1 aliphatic rings. The maximum absolute atomic E-state index is 13.3. The summed E-state index contributed by atoms with van der Waals surface area (Å²) >= 11 is 0. The van der Waals surface area contributed by atoms with Crippen LogP contribution in [0, 0.1) is 17.8 Å². The summed E-state index contributed by atoms with van der Waals surface area (Å²) in [5, 5.41) is 15.5. The number of aliphatic hydroxyl groups is 1. The van der Waals surface area contributed by atoms with Gasteiger partial charge in [0.15, 0.2) is 0 Å². The minimum Gasteiger partial charge on any atom is -0.391 e. The van der Waals surface area contributed by atoms with Crippen molar-refractivity contribution >= 4 is 37.5 Å². The fraction of sp³-hybridized carbons (Fsp3) is 0.593. The van der Waals surface area contributed by atoms with Crippen molar-refractivity contribution in [1.29, 1.82) is 0 Å². The van der Waals surface area contributed by atoms with Gasteiger partial charge in [-0.3, -0.25) is 9.00 Å². The Labute approximate surface area is 218 Å². The minimum absolute atomic E-state index is 0.211. The van der Waals surface area contributed by atoms with Gasteiger partial charge in [-0.1, -0.05) is 63.6 Å². The van der Waals surface area contributed by atoms with Gasteiger partial charge in [-0.15, -0.1) is 0 Å². The number of fused-ring (bicyclic) bond motifs is 1. The van der Waals surface area contributed by atoms with E-state index in [1.807, 2.05) is 37.3 Å². The zero-order chi connectivity index (χ0) is 26.5. The Kier molecular flexibility index (Phi) is 10.1. The zero-order valence-electron chi connectivity index (χ0n) is 21.6. The lowest BCUT2D eigenvalue weighted by molar-refractivity contribution is -0.124. The van der Waals surface area contributed by atoms with Gasteiger partial charge in [0.05, 0.1) is 35.0 Å².